The van der Waals surface area contributed by atoms with E-state index in [9.17, 15) is 14.7 Å². The second kappa shape index (κ2) is 8.04. The Kier molecular flexibility index (Phi) is 5.44. The third kappa shape index (κ3) is 3.32. The van der Waals surface area contributed by atoms with Crippen LogP contribution in [-0.4, -0.2) is 51.3 Å². The van der Waals surface area contributed by atoms with Crippen molar-refractivity contribution in [1.29, 1.82) is 0 Å². The minimum atomic E-state index is -0.721. The topological polar surface area (TPSA) is 84.1 Å². The number of rotatable bonds is 5. The molecule has 0 saturated carbocycles. The number of aliphatic hydroxyl groups is 1. The first-order chi connectivity index (χ1) is 14.4. The molecule has 3 heterocycles. The van der Waals surface area contributed by atoms with Gasteiger partial charge in [0.15, 0.2) is 5.76 Å². The van der Waals surface area contributed by atoms with E-state index >= 15 is 0 Å². The highest BCUT2D eigenvalue weighted by Gasteiger charge is 2.46. The number of carbonyl (C=O) groups excluding carboxylic acids is 2. The van der Waals surface area contributed by atoms with Crippen molar-refractivity contribution in [1.82, 2.24) is 14.3 Å². The van der Waals surface area contributed by atoms with Crippen LogP contribution in [0.4, 0.5) is 0 Å². The standard InChI is InChI=1S/C22H20BrN3O4/c1-13-18(25-10-4-3-5-16(25)24-13)20(27)17-19(14-6-8-15(23)9-7-14)26(11-12-30-2)22(29)21(17)28/h3-10,19,27H,11-12H2,1-2H3/b20-17+. The van der Waals surface area contributed by atoms with Gasteiger partial charge in [0, 0.05) is 24.3 Å². The Hall–Kier alpha value is -2.97. The molecule has 4 rings (SSSR count). The van der Waals surface area contributed by atoms with Crippen LogP contribution in [0.25, 0.3) is 11.4 Å². The van der Waals surface area contributed by atoms with Crippen molar-refractivity contribution in [2.24, 2.45) is 0 Å². The van der Waals surface area contributed by atoms with Gasteiger partial charge >= 0.3 is 0 Å². The normalized spacial score (nSPS) is 18.5. The van der Waals surface area contributed by atoms with Gasteiger partial charge in [0.2, 0.25) is 0 Å². The Labute approximate surface area is 181 Å². The first-order valence-electron chi connectivity index (χ1n) is 9.41. The van der Waals surface area contributed by atoms with Gasteiger partial charge < -0.3 is 14.7 Å². The molecule has 0 spiro atoms. The van der Waals surface area contributed by atoms with Crippen molar-refractivity contribution >= 4 is 39.0 Å². The maximum Gasteiger partial charge on any atom is 0.295 e. The van der Waals surface area contributed by atoms with Gasteiger partial charge in [0.25, 0.3) is 11.7 Å². The fourth-order valence-electron chi connectivity index (χ4n) is 3.82. The zero-order valence-electron chi connectivity index (χ0n) is 16.5. The molecule has 1 aromatic carbocycles. The summed E-state index contributed by atoms with van der Waals surface area (Å²) in [5, 5.41) is 11.3. The quantitative estimate of drug-likeness (QED) is 0.351. The molecule has 1 aliphatic rings. The number of aliphatic hydroxyl groups excluding tert-OH is 1. The zero-order valence-corrected chi connectivity index (χ0v) is 18.1. The number of hydrogen-bond donors (Lipinski definition) is 1. The third-order valence-corrected chi connectivity index (χ3v) is 5.72. The van der Waals surface area contributed by atoms with Crippen molar-refractivity contribution in [2.75, 3.05) is 20.3 Å². The Balaban J connectivity index is 1.94. The number of imidazole rings is 1. The second-order valence-corrected chi connectivity index (χ2v) is 7.93. The molecule has 1 amide bonds. The predicted molar refractivity (Wildman–Crippen MR) is 115 cm³/mol. The van der Waals surface area contributed by atoms with Crippen molar-refractivity contribution in [3.63, 3.8) is 0 Å². The van der Waals surface area contributed by atoms with E-state index < -0.39 is 17.7 Å². The molecule has 154 valence electrons. The number of nitrogens with zero attached hydrogens (tertiary/aromatic N) is 3. The van der Waals surface area contributed by atoms with Crippen molar-refractivity contribution in [2.45, 2.75) is 13.0 Å². The van der Waals surface area contributed by atoms with E-state index in [-0.39, 0.29) is 24.5 Å². The Morgan fingerprint density at radius 2 is 1.93 bits per heavy atom. The number of aromatic nitrogens is 2. The summed E-state index contributed by atoms with van der Waals surface area (Å²) in [4.78, 5) is 31.8. The SMILES string of the molecule is COCCN1C(=O)C(=O)/C(=C(/O)c2c(C)nc3ccccn23)C1c1ccc(Br)cc1. The summed E-state index contributed by atoms with van der Waals surface area (Å²) < 4.78 is 7.72. The Morgan fingerprint density at radius 1 is 1.20 bits per heavy atom. The number of hydrogen-bond acceptors (Lipinski definition) is 5. The smallest absolute Gasteiger partial charge is 0.295 e. The van der Waals surface area contributed by atoms with Crippen LogP contribution < -0.4 is 0 Å². The van der Waals surface area contributed by atoms with Crippen LogP contribution in [0, 0.1) is 6.92 Å². The lowest BCUT2D eigenvalue weighted by molar-refractivity contribution is -0.140. The molecule has 1 N–H and O–H groups in total. The van der Waals surface area contributed by atoms with Crippen molar-refractivity contribution in [3.8, 4) is 0 Å². The molecule has 7 nitrogen and oxygen atoms in total. The number of methoxy groups -OCH3 is 1. The van der Waals surface area contributed by atoms with Gasteiger partial charge in [-0.25, -0.2) is 4.98 Å². The van der Waals surface area contributed by atoms with Crippen LogP contribution in [0.2, 0.25) is 0 Å². The summed E-state index contributed by atoms with van der Waals surface area (Å²) in [5.74, 6) is -1.62. The molecule has 1 saturated heterocycles. The van der Waals surface area contributed by atoms with Crippen molar-refractivity contribution in [3.05, 3.63) is 75.7 Å². The molecule has 0 radical (unpaired) electrons. The monoisotopic (exact) mass is 469 g/mol. The third-order valence-electron chi connectivity index (χ3n) is 5.19. The van der Waals surface area contributed by atoms with Crippen LogP contribution >= 0.6 is 15.9 Å². The number of aryl methyl sites for hydroxylation is 1. The zero-order chi connectivity index (χ0) is 21.4. The average Bonchev–Trinajstić information content (AvgIpc) is 3.20. The molecular formula is C22H20BrN3O4. The molecule has 30 heavy (non-hydrogen) atoms. The molecular weight excluding hydrogens is 450 g/mol. The number of pyridine rings is 1. The molecule has 1 aliphatic heterocycles. The summed E-state index contributed by atoms with van der Waals surface area (Å²) in [6, 6.07) is 12.1. The molecule has 1 unspecified atom stereocenters. The summed E-state index contributed by atoms with van der Waals surface area (Å²) in [5.41, 5.74) is 2.38. The van der Waals surface area contributed by atoms with E-state index in [1.165, 1.54) is 12.0 Å². The summed E-state index contributed by atoms with van der Waals surface area (Å²) >= 11 is 3.41. The molecule has 2 aromatic heterocycles. The minimum absolute atomic E-state index is 0.0483. The average molecular weight is 470 g/mol. The van der Waals surface area contributed by atoms with Gasteiger partial charge in [0.05, 0.1) is 23.9 Å². The van der Waals surface area contributed by atoms with Crippen molar-refractivity contribution < 1.29 is 19.4 Å². The fourth-order valence-corrected chi connectivity index (χ4v) is 4.08. The lowest BCUT2D eigenvalue weighted by Gasteiger charge is -2.25. The largest absolute Gasteiger partial charge is 0.505 e. The van der Waals surface area contributed by atoms with Crippen LogP contribution in [0.3, 0.4) is 0 Å². The van der Waals surface area contributed by atoms with Gasteiger partial charge in [-0.1, -0.05) is 34.1 Å². The van der Waals surface area contributed by atoms with E-state index in [2.05, 4.69) is 20.9 Å². The van der Waals surface area contributed by atoms with E-state index in [1.807, 2.05) is 42.5 Å². The molecule has 0 bridgehead atoms. The predicted octanol–water partition coefficient (Wildman–Crippen LogP) is 3.47. The first-order valence-corrected chi connectivity index (χ1v) is 10.2. The molecule has 1 atom stereocenters. The molecule has 3 aromatic rings. The Bertz CT molecular complexity index is 1170. The van der Waals surface area contributed by atoms with E-state index in [0.717, 1.165) is 10.0 Å². The summed E-state index contributed by atoms with van der Waals surface area (Å²) in [7, 11) is 1.53. The first kappa shape index (κ1) is 20.3. The summed E-state index contributed by atoms with van der Waals surface area (Å²) in [6.07, 6.45) is 1.76. The number of carbonyl (C=O) groups is 2. The van der Waals surface area contributed by atoms with Gasteiger partial charge in [0.1, 0.15) is 11.3 Å². The number of fused-ring (bicyclic) bond motifs is 1. The van der Waals surface area contributed by atoms with E-state index in [4.69, 9.17) is 4.74 Å². The highest BCUT2D eigenvalue weighted by molar-refractivity contribution is 9.10. The van der Waals surface area contributed by atoms with Gasteiger partial charge in [-0.3, -0.25) is 14.0 Å². The highest BCUT2D eigenvalue weighted by Crippen LogP contribution is 2.40. The maximum absolute atomic E-state index is 13.0. The van der Waals surface area contributed by atoms with Gasteiger partial charge in [-0.05, 0) is 36.8 Å². The molecule has 1 fully saturated rings. The number of benzene rings is 1. The number of ketones is 1. The van der Waals surface area contributed by atoms with Gasteiger partial charge in [-0.2, -0.15) is 0 Å². The fraction of sp³-hybridized carbons (Fsp3) is 0.227. The second-order valence-electron chi connectivity index (χ2n) is 7.01. The lowest BCUT2D eigenvalue weighted by atomic mass is 9.96. The number of likely N-dealkylation sites (tertiary alicyclic amines) is 1. The Morgan fingerprint density at radius 3 is 2.63 bits per heavy atom. The van der Waals surface area contributed by atoms with Crippen LogP contribution in [-0.2, 0) is 14.3 Å². The van der Waals surface area contributed by atoms with E-state index in [0.29, 0.717) is 17.0 Å². The van der Waals surface area contributed by atoms with Crippen LogP contribution in [0.15, 0.2) is 58.7 Å². The summed E-state index contributed by atoms with van der Waals surface area (Å²) in [6.45, 7) is 2.26. The minimum Gasteiger partial charge on any atom is -0.505 e. The van der Waals surface area contributed by atoms with Crippen LogP contribution in [0.1, 0.15) is 23.0 Å². The number of amides is 1. The molecule has 8 heteroatoms. The van der Waals surface area contributed by atoms with Gasteiger partial charge in [-0.15, -0.1) is 0 Å². The number of halogens is 1. The lowest BCUT2D eigenvalue weighted by Crippen LogP contribution is -2.32. The molecule has 0 aliphatic carbocycles. The van der Waals surface area contributed by atoms with Crippen LogP contribution in [0.5, 0.6) is 0 Å². The number of Topliss-reactive ketones (excluding diaryl/α,β-unsaturated/α-hetero) is 1. The highest BCUT2D eigenvalue weighted by atomic mass is 79.9. The van der Waals surface area contributed by atoms with E-state index in [1.54, 1.807) is 17.5 Å². The number of ether oxygens (including phenoxy) is 1. The maximum atomic E-state index is 13.0.